The molecule has 0 spiro atoms. The average Bonchev–Trinajstić information content (AvgIpc) is 2.83. The van der Waals surface area contributed by atoms with Crippen LogP contribution in [0.3, 0.4) is 0 Å². The van der Waals surface area contributed by atoms with E-state index in [4.69, 9.17) is 0 Å². The van der Waals surface area contributed by atoms with Crippen molar-refractivity contribution in [2.75, 3.05) is 0 Å². The smallest absolute Gasteiger partial charge is 0.206 e. The standard InChI is InChI=1S/C30H46O2S/c1-3-5-7-9-11-13-15-17-27-19-23-29(24-20-27)33(31,32)30-25-21-28(22-26-30)18-16-14-12-10-8-6-4-2/h19-26H,3-18H2,1-2H3. The highest BCUT2D eigenvalue weighted by Crippen LogP contribution is 2.23. The first kappa shape index (κ1) is 27.6. The van der Waals surface area contributed by atoms with Crippen LogP contribution < -0.4 is 0 Å². The second kappa shape index (κ2) is 16.1. The predicted molar refractivity (Wildman–Crippen MR) is 142 cm³/mol. The molecule has 0 radical (unpaired) electrons. The maximum Gasteiger partial charge on any atom is 0.206 e. The first-order chi connectivity index (χ1) is 16.1. The van der Waals surface area contributed by atoms with Crippen LogP contribution in [0.2, 0.25) is 0 Å². The molecule has 0 N–H and O–H groups in total. The lowest BCUT2D eigenvalue weighted by Gasteiger charge is -2.08. The number of sulfone groups is 1. The highest BCUT2D eigenvalue weighted by atomic mass is 32.2. The van der Waals surface area contributed by atoms with E-state index in [2.05, 4.69) is 13.8 Å². The third kappa shape index (κ3) is 10.5. The molecule has 33 heavy (non-hydrogen) atoms. The third-order valence-corrected chi connectivity index (χ3v) is 8.39. The van der Waals surface area contributed by atoms with E-state index in [0.717, 1.165) is 12.8 Å². The van der Waals surface area contributed by atoms with Crippen LogP contribution in [0.15, 0.2) is 58.3 Å². The van der Waals surface area contributed by atoms with E-state index in [9.17, 15) is 8.42 Å². The van der Waals surface area contributed by atoms with Crippen LogP contribution in [0, 0.1) is 0 Å². The summed E-state index contributed by atoms with van der Waals surface area (Å²) in [7, 11) is -3.45. The molecule has 3 heteroatoms. The zero-order valence-electron chi connectivity index (χ0n) is 21.2. The molecule has 0 aliphatic rings. The van der Waals surface area contributed by atoms with Gasteiger partial charge in [0.2, 0.25) is 9.84 Å². The second-order valence-corrected chi connectivity index (χ2v) is 11.5. The Hall–Kier alpha value is -1.61. The van der Waals surface area contributed by atoms with Crippen LogP contribution >= 0.6 is 0 Å². The predicted octanol–water partition coefficient (Wildman–Crippen LogP) is 9.11. The first-order valence-corrected chi connectivity index (χ1v) is 15.0. The summed E-state index contributed by atoms with van der Waals surface area (Å²) in [6.07, 6.45) is 20.2. The van der Waals surface area contributed by atoms with Gasteiger partial charge in [0.1, 0.15) is 0 Å². The molecular weight excluding hydrogens is 424 g/mol. The van der Waals surface area contributed by atoms with Gasteiger partial charge in [0.05, 0.1) is 9.79 Å². The van der Waals surface area contributed by atoms with Crippen LogP contribution in [-0.2, 0) is 22.7 Å². The van der Waals surface area contributed by atoms with Crippen molar-refractivity contribution in [3.05, 3.63) is 59.7 Å². The fourth-order valence-electron chi connectivity index (χ4n) is 4.38. The Labute approximate surface area is 204 Å². The molecule has 2 rings (SSSR count). The van der Waals surface area contributed by atoms with Crippen molar-refractivity contribution in [3.8, 4) is 0 Å². The van der Waals surface area contributed by atoms with Gasteiger partial charge in [-0.2, -0.15) is 0 Å². The lowest BCUT2D eigenvalue weighted by Crippen LogP contribution is -2.02. The van der Waals surface area contributed by atoms with E-state index in [-0.39, 0.29) is 0 Å². The monoisotopic (exact) mass is 470 g/mol. The Kier molecular flexibility index (Phi) is 13.5. The molecule has 2 nitrogen and oxygen atoms in total. The van der Waals surface area contributed by atoms with E-state index >= 15 is 0 Å². The summed E-state index contributed by atoms with van der Waals surface area (Å²) in [6, 6.07) is 15.0. The quantitative estimate of drug-likeness (QED) is 0.204. The summed E-state index contributed by atoms with van der Waals surface area (Å²) in [5.41, 5.74) is 2.46. The van der Waals surface area contributed by atoms with Gasteiger partial charge < -0.3 is 0 Å². The number of hydrogen-bond acceptors (Lipinski definition) is 2. The van der Waals surface area contributed by atoms with Crippen LogP contribution in [0.5, 0.6) is 0 Å². The van der Waals surface area contributed by atoms with Crippen LogP contribution in [0.1, 0.15) is 115 Å². The Morgan fingerprint density at radius 1 is 0.455 bits per heavy atom. The molecule has 0 saturated carbocycles. The number of aryl methyl sites for hydroxylation is 2. The third-order valence-electron chi connectivity index (χ3n) is 6.61. The second-order valence-electron chi connectivity index (χ2n) is 9.53. The maximum atomic E-state index is 13.0. The minimum absolute atomic E-state index is 0.394. The van der Waals surface area contributed by atoms with Gasteiger partial charge in [-0.25, -0.2) is 8.42 Å². The van der Waals surface area contributed by atoms with Gasteiger partial charge >= 0.3 is 0 Å². The van der Waals surface area contributed by atoms with Gasteiger partial charge in [0.25, 0.3) is 0 Å². The molecule has 0 aliphatic carbocycles. The highest BCUT2D eigenvalue weighted by molar-refractivity contribution is 7.91. The van der Waals surface area contributed by atoms with E-state index in [0.29, 0.717) is 9.79 Å². The highest BCUT2D eigenvalue weighted by Gasteiger charge is 2.17. The van der Waals surface area contributed by atoms with E-state index in [1.165, 1.54) is 101 Å². The number of rotatable bonds is 18. The Balaban J connectivity index is 1.78. The lowest BCUT2D eigenvalue weighted by atomic mass is 10.0. The molecular formula is C30H46O2S. The molecule has 0 heterocycles. The summed E-state index contributed by atoms with van der Waals surface area (Å²) >= 11 is 0. The number of benzene rings is 2. The summed E-state index contributed by atoms with van der Waals surface area (Å²) in [5.74, 6) is 0. The molecule has 0 bridgehead atoms. The number of unbranched alkanes of at least 4 members (excludes halogenated alkanes) is 12. The van der Waals surface area contributed by atoms with Gasteiger partial charge in [-0.1, -0.05) is 115 Å². The molecule has 2 aromatic carbocycles. The molecule has 184 valence electrons. The normalized spacial score (nSPS) is 11.7. The van der Waals surface area contributed by atoms with Gasteiger partial charge in [-0.05, 0) is 61.1 Å². The van der Waals surface area contributed by atoms with E-state index in [1.54, 1.807) is 24.3 Å². The lowest BCUT2D eigenvalue weighted by molar-refractivity contribution is 0.588. The Morgan fingerprint density at radius 2 is 0.758 bits per heavy atom. The van der Waals surface area contributed by atoms with Gasteiger partial charge in [0.15, 0.2) is 0 Å². The molecule has 2 aromatic rings. The van der Waals surface area contributed by atoms with E-state index < -0.39 is 9.84 Å². The fraction of sp³-hybridized carbons (Fsp3) is 0.600. The van der Waals surface area contributed by atoms with Crippen molar-refractivity contribution in [1.29, 1.82) is 0 Å². The summed E-state index contributed by atoms with van der Waals surface area (Å²) in [6.45, 7) is 4.49. The minimum Gasteiger partial charge on any atom is -0.219 e. The van der Waals surface area contributed by atoms with Crippen molar-refractivity contribution >= 4 is 9.84 Å². The van der Waals surface area contributed by atoms with Crippen molar-refractivity contribution in [1.82, 2.24) is 0 Å². The summed E-state index contributed by atoms with van der Waals surface area (Å²) in [5, 5.41) is 0. The van der Waals surface area contributed by atoms with Crippen molar-refractivity contribution in [3.63, 3.8) is 0 Å². The molecule has 0 atom stereocenters. The van der Waals surface area contributed by atoms with Gasteiger partial charge in [-0.15, -0.1) is 0 Å². The maximum absolute atomic E-state index is 13.0. The summed E-state index contributed by atoms with van der Waals surface area (Å²) < 4.78 is 26.1. The molecule has 0 fully saturated rings. The molecule has 0 aliphatic heterocycles. The molecule has 0 saturated heterocycles. The Morgan fingerprint density at radius 3 is 1.09 bits per heavy atom. The molecule has 0 aromatic heterocycles. The SMILES string of the molecule is CCCCCCCCCc1ccc(S(=O)(=O)c2ccc(CCCCCCCCC)cc2)cc1. The van der Waals surface area contributed by atoms with Crippen molar-refractivity contribution in [2.45, 2.75) is 126 Å². The molecule has 0 amide bonds. The Bertz CT molecular complexity index is 784. The van der Waals surface area contributed by atoms with Crippen LogP contribution in [-0.4, -0.2) is 8.42 Å². The van der Waals surface area contributed by atoms with E-state index in [1.807, 2.05) is 24.3 Å². The minimum atomic E-state index is -3.45. The topological polar surface area (TPSA) is 34.1 Å². The fourth-order valence-corrected chi connectivity index (χ4v) is 5.64. The average molecular weight is 471 g/mol. The van der Waals surface area contributed by atoms with Crippen LogP contribution in [0.25, 0.3) is 0 Å². The molecule has 0 unspecified atom stereocenters. The van der Waals surface area contributed by atoms with Gasteiger partial charge in [0, 0.05) is 0 Å². The number of hydrogen-bond donors (Lipinski definition) is 0. The largest absolute Gasteiger partial charge is 0.219 e. The van der Waals surface area contributed by atoms with Gasteiger partial charge in [-0.3, -0.25) is 0 Å². The van der Waals surface area contributed by atoms with Crippen molar-refractivity contribution in [2.24, 2.45) is 0 Å². The van der Waals surface area contributed by atoms with Crippen molar-refractivity contribution < 1.29 is 8.42 Å². The van der Waals surface area contributed by atoms with Crippen LogP contribution in [0.4, 0.5) is 0 Å². The zero-order chi connectivity index (χ0) is 23.8. The first-order valence-electron chi connectivity index (χ1n) is 13.5. The zero-order valence-corrected chi connectivity index (χ0v) is 22.0. The summed E-state index contributed by atoms with van der Waals surface area (Å²) in [4.78, 5) is 0.788.